The Bertz CT molecular complexity index is 3690. The first-order chi connectivity index (χ1) is 54.8. The molecule has 1 saturated heterocycles. The number of likely N-dealkylation sites (tertiary alicyclic amines) is 1. The summed E-state index contributed by atoms with van der Waals surface area (Å²) in [5, 5.41) is 73.6. The van der Waals surface area contributed by atoms with Crippen molar-refractivity contribution < 1.29 is 87.5 Å². The van der Waals surface area contributed by atoms with Crippen LogP contribution in [0.4, 0.5) is 0 Å². The standard InChI is InChI=1S/C83H129N15O18/c1-14-51(12)68(96-75(107)60(39-48(6)7)90-78(110)66-34-26-36-98(66)82(114)62(43-55-31-22-17-23-32-55)91-72(104)58(37-46(2)3)87-70(102)56(85)41-53-27-18-15-19-28-53)80(112)97-69(52(13)101)81(113)94-65(45-100)77(109)89-61(42-54-29-20-16-21-30-54)74(106)88-59(38-47(4)5)73(105)93-64(44-99)76(108)86-57(33-24-25-35-84)71(103)95-67(50(10)11)79(111)92-63(83(115)116)40-49(8)9/h15-23,27-32,46-52,56-69,99-101H,14,24-26,33-45,84-85H2,1-13H3,(H,86,108)(H,87,102)(H,88,106)(H,89,109)(H,90,110)(H,91,104)(H,92,111)(H,93,105)(H,94,113)(H,95,103)(H,96,107)(H,97,112)(H,115,116)/t51-,52-,56-,57-,58-,59-,60-,61-,62-,63-,64-,65-,66-,67-,68-,69-/m0/s1. The maximum Gasteiger partial charge on any atom is 0.326 e. The van der Waals surface area contributed by atoms with Crippen LogP contribution in [-0.2, 0) is 86.4 Å². The van der Waals surface area contributed by atoms with Gasteiger partial charge in [-0.3, -0.25) is 62.3 Å². The Morgan fingerprint density at radius 2 is 0.767 bits per heavy atom. The van der Waals surface area contributed by atoms with Gasteiger partial charge >= 0.3 is 5.97 Å². The first-order valence-electron chi connectivity index (χ1n) is 40.5. The van der Waals surface area contributed by atoms with Crippen molar-refractivity contribution >= 4 is 82.8 Å². The Morgan fingerprint density at radius 1 is 0.414 bits per heavy atom. The minimum absolute atomic E-state index is 0.0119. The summed E-state index contributed by atoms with van der Waals surface area (Å²) >= 11 is 0. The van der Waals surface area contributed by atoms with Gasteiger partial charge in [-0.15, -0.1) is 0 Å². The first kappa shape index (κ1) is 98.4. The Hall–Kier alpha value is -9.96. The van der Waals surface area contributed by atoms with Crippen molar-refractivity contribution in [1.82, 2.24) is 68.7 Å². The number of nitrogens with one attached hydrogen (secondary N) is 12. The lowest BCUT2D eigenvalue weighted by atomic mass is 9.96. The molecule has 3 aromatic rings. The fourth-order valence-corrected chi connectivity index (χ4v) is 13.3. The zero-order valence-electron chi connectivity index (χ0n) is 69.4. The van der Waals surface area contributed by atoms with E-state index < -0.39 is 199 Å². The number of amides is 13. The van der Waals surface area contributed by atoms with Crippen molar-refractivity contribution in [1.29, 1.82) is 0 Å². The summed E-state index contributed by atoms with van der Waals surface area (Å²) in [6, 6.07) is 6.86. The van der Waals surface area contributed by atoms with E-state index in [0.717, 1.165) is 12.5 Å². The third kappa shape index (κ3) is 33.0. The van der Waals surface area contributed by atoms with E-state index in [0.29, 0.717) is 30.4 Å². The number of rotatable bonds is 50. The molecule has 33 heteroatoms. The van der Waals surface area contributed by atoms with E-state index in [2.05, 4.69) is 63.8 Å². The predicted octanol–water partition coefficient (Wildman–Crippen LogP) is 0.316. The van der Waals surface area contributed by atoms with Crippen LogP contribution in [0.3, 0.4) is 0 Å². The molecule has 0 spiro atoms. The number of carboxylic acid groups (broad SMARTS) is 1. The molecule has 0 unspecified atom stereocenters. The summed E-state index contributed by atoms with van der Waals surface area (Å²) in [7, 11) is 0. The van der Waals surface area contributed by atoms with Gasteiger partial charge in [0.25, 0.3) is 0 Å². The highest BCUT2D eigenvalue weighted by Crippen LogP contribution is 2.23. The maximum atomic E-state index is 14.9. The number of nitrogens with two attached hydrogens (primary N) is 2. The second-order valence-corrected chi connectivity index (χ2v) is 32.3. The third-order valence-corrected chi connectivity index (χ3v) is 19.9. The Labute approximate surface area is 681 Å². The molecule has 1 aliphatic heterocycles. The topological polar surface area (TPSA) is 520 Å². The number of nitrogens with zero attached hydrogens (tertiary/aromatic N) is 1. The number of aliphatic hydroxyl groups is 3. The predicted molar refractivity (Wildman–Crippen MR) is 435 cm³/mol. The molecular weight excluding hydrogens is 1490 g/mol. The highest BCUT2D eigenvalue weighted by atomic mass is 16.4. The summed E-state index contributed by atoms with van der Waals surface area (Å²) in [6.07, 6.45) is 0.113. The number of carbonyl (C=O) groups excluding carboxylic acids is 13. The summed E-state index contributed by atoms with van der Waals surface area (Å²) in [5.74, 6) is -14.4. The molecular formula is C83H129N15O18. The largest absolute Gasteiger partial charge is 0.480 e. The molecule has 0 saturated carbocycles. The summed E-state index contributed by atoms with van der Waals surface area (Å²) < 4.78 is 0. The minimum atomic E-state index is -1.87. The van der Waals surface area contributed by atoms with Crippen molar-refractivity contribution in [2.75, 3.05) is 26.3 Å². The van der Waals surface area contributed by atoms with Gasteiger partial charge in [-0.05, 0) is 130 Å². The molecule has 116 heavy (non-hydrogen) atoms. The lowest BCUT2D eigenvalue weighted by Crippen LogP contribution is -2.63. The molecule has 1 heterocycles. The monoisotopic (exact) mass is 1620 g/mol. The fourth-order valence-electron chi connectivity index (χ4n) is 13.3. The van der Waals surface area contributed by atoms with E-state index in [1.54, 1.807) is 130 Å². The lowest BCUT2D eigenvalue weighted by Gasteiger charge is -2.32. The molecule has 0 bridgehead atoms. The van der Waals surface area contributed by atoms with Crippen LogP contribution in [-0.4, -0.2) is 225 Å². The van der Waals surface area contributed by atoms with Gasteiger partial charge in [-0.25, -0.2) is 4.79 Å². The second kappa shape index (κ2) is 49.8. The van der Waals surface area contributed by atoms with E-state index >= 15 is 0 Å². The Morgan fingerprint density at radius 3 is 1.22 bits per heavy atom. The van der Waals surface area contributed by atoms with Crippen LogP contribution in [0.5, 0.6) is 0 Å². The normalized spacial score (nSPS) is 16.7. The number of hydrogen-bond acceptors (Lipinski definition) is 19. The number of aliphatic hydroxyl groups excluding tert-OH is 3. The van der Waals surface area contributed by atoms with Crippen LogP contribution in [0, 0.1) is 35.5 Å². The SMILES string of the molecule is CC[C@H](C)[C@H](NC(=O)[C@H](CC(C)C)NC(=O)[C@@H]1CCCN1C(=O)[C@H](Cc1ccccc1)NC(=O)[C@H](CC(C)C)NC(=O)[C@@H](N)Cc1ccccc1)C(=O)N[C@H](C(=O)N[C@@H](CO)C(=O)N[C@@H](Cc1ccccc1)C(=O)N[C@@H](CC(C)C)C(=O)N[C@@H](CO)C(=O)N[C@@H](CCCCN)C(=O)N[C@H](C(=O)N[C@@H](CC(C)C)C(=O)O)C(C)C)[C@H](C)O. The molecule has 0 aliphatic carbocycles. The van der Waals surface area contributed by atoms with E-state index in [-0.39, 0.29) is 101 Å². The molecule has 0 aromatic heterocycles. The Balaban J connectivity index is 1.53. The summed E-state index contributed by atoms with van der Waals surface area (Å²) in [4.78, 5) is 199. The summed E-state index contributed by atoms with van der Waals surface area (Å²) in [5.41, 5.74) is 14.1. The number of unbranched alkanes of at least 4 members (excludes halogenated alkanes) is 1. The maximum absolute atomic E-state index is 14.9. The number of aliphatic carboxylic acids is 1. The van der Waals surface area contributed by atoms with Crippen molar-refractivity contribution in [3.8, 4) is 0 Å². The summed E-state index contributed by atoms with van der Waals surface area (Å²) in [6.45, 7) is 20.4. The van der Waals surface area contributed by atoms with Gasteiger partial charge in [0.05, 0.1) is 25.4 Å². The molecule has 3 aromatic carbocycles. The second-order valence-electron chi connectivity index (χ2n) is 32.3. The van der Waals surface area contributed by atoms with Crippen LogP contribution in [0.15, 0.2) is 91.0 Å². The molecule has 16 atom stereocenters. The van der Waals surface area contributed by atoms with Crippen LogP contribution in [0.1, 0.15) is 171 Å². The molecule has 0 radical (unpaired) electrons. The van der Waals surface area contributed by atoms with Crippen LogP contribution in [0.2, 0.25) is 0 Å². The third-order valence-electron chi connectivity index (χ3n) is 19.9. The average molecular weight is 1630 g/mol. The van der Waals surface area contributed by atoms with E-state index in [4.69, 9.17) is 11.5 Å². The number of hydrogen-bond donors (Lipinski definition) is 18. The average Bonchev–Trinajstić information content (AvgIpc) is 1.58. The van der Waals surface area contributed by atoms with E-state index in [1.165, 1.54) is 4.90 Å². The molecule has 4 rings (SSSR count). The van der Waals surface area contributed by atoms with Crippen molar-refractivity contribution in [2.24, 2.45) is 47.0 Å². The van der Waals surface area contributed by atoms with Crippen LogP contribution >= 0.6 is 0 Å². The number of carboxylic acids is 1. The Kier molecular flexibility index (Phi) is 42.3. The van der Waals surface area contributed by atoms with Crippen molar-refractivity contribution in [3.05, 3.63) is 108 Å². The van der Waals surface area contributed by atoms with Gasteiger partial charge in [0.15, 0.2) is 0 Å². The first-order valence-corrected chi connectivity index (χ1v) is 40.5. The number of carbonyl (C=O) groups is 14. The van der Waals surface area contributed by atoms with E-state index in [9.17, 15) is 87.5 Å². The van der Waals surface area contributed by atoms with Gasteiger partial charge in [0.1, 0.15) is 78.5 Å². The molecule has 1 fully saturated rings. The quantitative estimate of drug-likeness (QED) is 0.0338. The van der Waals surface area contributed by atoms with Gasteiger partial charge in [0.2, 0.25) is 76.8 Å². The highest BCUT2D eigenvalue weighted by molar-refractivity contribution is 6.00. The fraction of sp³-hybridized carbons (Fsp3) is 0.614. The van der Waals surface area contributed by atoms with E-state index in [1.807, 2.05) is 44.2 Å². The van der Waals surface area contributed by atoms with Crippen LogP contribution < -0.4 is 75.3 Å². The molecule has 20 N–H and O–H groups in total. The zero-order chi connectivity index (χ0) is 86.6. The lowest BCUT2D eigenvalue weighted by molar-refractivity contribution is -0.143. The van der Waals surface area contributed by atoms with Crippen LogP contribution in [0.25, 0.3) is 0 Å². The molecule has 33 nitrogen and oxygen atoms in total. The number of benzene rings is 3. The molecule has 13 amide bonds. The molecule has 1 aliphatic rings. The highest BCUT2D eigenvalue weighted by Gasteiger charge is 2.43. The van der Waals surface area contributed by atoms with Gasteiger partial charge in [-0.2, -0.15) is 0 Å². The smallest absolute Gasteiger partial charge is 0.326 e. The zero-order valence-corrected chi connectivity index (χ0v) is 69.4. The van der Waals surface area contributed by atoms with Gasteiger partial charge in [-0.1, -0.05) is 181 Å². The van der Waals surface area contributed by atoms with Gasteiger partial charge < -0.3 is 101 Å². The minimum Gasteiger partial charge on any atom is -0.480 e. The van der Waals surface area contributed by atoms with Gasteiger partial charge in [0, 0.05) is 19.4 Å². The van der Waals surface area contributed by atoms with Crippen molar-refractivity contribution in [3.63, 3.8) is 0 Å². The van der Waals surface area contributed by atoms with Crippen molar-refractivity contribution in [2.45, 2.75) is 264 Å². The molecule has 644 valence electrons.